The predicted molar refractivity (Wildman–Crippen MR) is 74.8 cm³/mol. The lowest BCUT2D eigenvalue weighted by atomic mass is 9.98. The van der Waals surface area contributed by atoms with Crippen molar-refractivity contribution in [3.63, 3.8) is 0 Å². The van der Waals surface area contributed by atoms with Crippen LogP contribution < -0.4 is 10.2 Å². The van der Waals surface area contributed by atoms with Crippen LogP contribution in [0.25, 0.3) is 0 Å². The first-order valence-corrected chi connectivity index (χ1v) is 6.61. The second-order valence-electron chi connectivity index (χ2n) is 5.15. The van der Waals surface area contributed by atoms with E-state index in [1.165, 1.54) is 6.20 Å². The molecule has 1 aromatic heterocycles. The number of carbonyl (C=O) groups is 3. The SMILES string of the molecule is CCOC(=O)c1ccc(N2CC(=O)NC(=O)C2(C)C)nc1. The molecule has 1 aromatic rings. The van der Waals surface area contributed by atoms with Crippen LogP contribution in [0.2, 0.25) is 0 Å². The number of hydrogen-bond acceptors (Lipinski definition) is 6. The van der Waals surface area contributed by atoms with Gasteiger partial charge >= 0.3 is 5.97 Å². The van der Waals surface area contributed by atoms with Crippen LogP contribution in [0, 0.1) is 0 Å². The van der Waals surface area contributed by atoms with Gasteiger partial charge in [0.25, 0.3) is 5.91 Å². The molecule has 1 fully saturated rings. The lowest BCUT2D eigenvalue weighted by Gasteiger charge is -2.40. The molecule has 2 amide bonds. The van der Waals surface area contributed by atoms with Crippen LogP contribution >= 0.6 is 0 Å². The molecule has 0 aromatic carbocycles. The number of amides is 2. The van der Waals surface area contributed by atoms with E-state index < -0.39 is 11.5 Å². The summed E-state index contributed by atoms with van der Waals surface area (Å²) < 4.78 is 4.88. The van der Waals surface area contributed by atoms with Gasteiger partial charge in [0.2, 0.25) is 5.91 Å². The van der Waals surface area contributed by atoms with Crippen LogP contribution in [0.15, 0.2) is 18.3 Å². The molecule has 1 N–H and O–H groups in total. The molecule has 1 saturated heterocycles. The number of aromatic nitrogens is 1. The van der Waals surface area contributed by atoms with Crippen molar-refractivity contribution in [1.82, 2.24) is 10.3 Å². The van der Waals surface area contributed by atoms with Gasteiger partial charge in [-0.05, 0) is 32.9 Å². The minimum Gasteiger partial charge on any atom is -0.462 e. The fourth-order valence-electron chi connectivity index (χ4n) is 2.03. The Labute approximate surface area is 122 Å². The van der Waals surface area contributed by atoms with Gasteiger partial charge in [0.15, 0.2) is 0 Å². The van der Waals surface area contributed by atoms with Gasteiger partial charge in [-0.1, -0.05) is 0 Å². The first-order valence-electron chi connectivity index (χ1n) is 6.61. The molecule has 2 heterocycles. The molecule has 7 nitrogen and oxygen atoms in total. The van der Waals surface area contributed by atoms with E-state index in [1.54, 1.807) is 37.8 Å². The van der Waals surface area contributed by atoms with Gasteiger partial charge in [0.05, 0.1) is 18.7 Å². The van der Waals surface area contributed by atoms with Crippen molar-refractivity contribution in [3.05, 3.63) is 23.9 Å². The number of nitrogens with one attached hydrogen (secondary N) is 1. The van der Waals surface area contributed by atoms with Gasteiger partial charge in [-0.25, -0.2) is 9.78 Å². The minimum atomic E-state index is -0.896. The van der Waals surface area contributed by atoms with Gasteiger partial charge in [0.1, 0.15) is 11.4 Å². The molecule has 0 bridgehead atoms. The summed E-state index contributed by atoms with van der Waals surface area (Å²) in [6.45, 7) is 5.45. The number of hydrogen-bond donors (Lipinski definition) is 1. The molecule has 1 aliphatic rings. The quantitative estimate of drug-likeness (QED) is 0.644. The second-order valence-corrected chi connectivity index (χ2v) is 5.15. The van der Waals surface area contributed by atoms with E-state index in [-0.39, 0.29) is 25.0 Å². The molecule has 0 atom stereocenters. The van der Waals surface area contributed by atoms with E-state index in [1.807, 2.05) is 0 Å². The van der Waals surface area contributed by atoms with Crippen molar-refractivity contribution in [1.29, 1.82) is 0 Å². The number of rotatable bonds is 3. The van der Waals surface area contributed by atoms with Gasteiger partial charge in [-0.3, -0.25) is 14.9 Å². The number of imide groups is 1. The fraction of sp³-hybridized carbons (Fsp3) is 0.429. The first kappa shape index (κ1) is 15.0. The Bertz CT molecular complexity index is 580. The highest BCUT2D eigenvalue weighted by molar-refractivity contribution is 6.06. The lowest BCUT2D eigenvalue weighted by molar-refractivity contribution is -0.135. The Kier molecular flexibility index (Phi) is 3.93. The maximum Gasteiger partial charge on any atom is 0.339 e. The Hall–Kier alpha value is -2.44. The van der Waals surface area contributed by atoms with Crippen LogP contribution in [0.1, 0.15) is 31.1 Å². The zero-order chi connectivity index (χ0) is 15.6. The number of esters is 1. The summed E-state index contributed by atoms with van der Waals surface area (Å²) in [6, 6.07) is 3.16. The summed E-state index contributed by atoms with van der Waals surface area (Å²) in [4.78, 5) is 40.8. The summed E-state index contributed by atoms with van der Waals surface area (Å²) in [7, 11) is 0. The smallest absolute Gasteiger partial charge is 0.339 e. The van der Waals surface area contributed by atoms with Crippen LogP contribution in [0.5, 0.6) is 0 Å². The summed E-state index contributed by atoms with van der Waals surface area (Å²) in [5.41, 5.74) is -0.571. The van der Waals surface area contributed by atoms with E-state index in [4.69, 9.17) is 4.74 Å². The molecule has 0 aliphatic carbocycles. The topological polar surface area (TPSA) is 88.6 Å². The number of ether oxygens (including phenoxy) is 1. The van der Waals surface area contributed by atoms with Crippen molar-refractivity contribution < 1.29 is 19.1 Å². The molecule has 1 aliphatic heterocycles. The molecule has 112 valence electrons. The van der Waals surface area contributed by atoms with Gasteiger partial charge in [0, 0.05) is 6.20 Å². The largest absolute Gasteiger partial charge is 0.462 e. The van der Waals surface area contributed by atoms with E-state index >= 15 is 0 Å². The van der Waals surface area contributed by atoms with Crippen molar-refractivity contribution in [2.75, 3.05) is 18.1 Å². The summed E-state index contributed by atoms with van der Waals surface area (Å²) in [5, 5.41) is 2.29. The highest BCUT2D eigenvalue weighted by Gasteiger charge is 2.41. The maximum absolute atomic E-state index is 11.9. The Balaban J connectivity index is 2.27. The third-order valence-corrected chi connectivity index (χ3v) is 3.32. The van der Waals surface area contributed by atoms with Crippen LogP contribution in [-0.2, 0) is 14.3 Å². The maximum atomic E-state index is 11.9. The van der Waals surface area contributed by atoms with Crippen LogP contribution in [-0.4, -0.2) is 41.5 Å². The molecule has 0 saturated carbocycles. The van der Waals surface area contributed by atoms with Crippen molar-refractivity contribution in [2.24, 2.45) is 0 Å². The van der Waals surface area contributed by atoms with E-state index in [0.29, 0.717) is 11.4 Å². The van der Waals surface area contributed by atoms with Gasteiger partial charge in [-0.2, -0.15) is 0 Å². The second kappa shape index (κ2) is 5.51. The average Bonchev–Trinajstić information content (AvgIpc) is 2.44. The zero-order valence-corrected chi connectivity index (χ0v) is 12.2. The highest BCUT2D eigenvalue weighted by atomic mass is 16.5. The normalized spacial score (nSPS) is 17.4. The molecule has 21 heavy (non-hydrogen) atoms. The monoisotopic (exact) mass is 291 g/mol. The predicted octanol–water partition coefficient (Wildman–Crippen LogP) is 0.500. The Morgan fingerprint density at radius 3 is 2.71 bits per heavy atom. The van der Waals surface area contributed by atoms with Gasteiger partial charge in [-0.15, -0.1) is 0 Å². The highest BCUT2D eigenvalue weighted by Crippen LogP contribution is 2.24. The summed E-state index contributed by atoms with van der Waals surface area (Å²) in [6.07, 6.45) is 1.38. The molecule has 0 radical (unpaired) electrons. The summed E-state index contributed by atoms with van der Waals surface area (Å²) >= 11 is 0. The number of carbonyl (C=O) groups excluding carboxylic acids is 3. The van der Waals surface area contributed by atoms with Crippen LogP contribution in [0.3, 0.4) is 0 Å². The number of pyridine rings is 1. The molecule has 2 rings (SSSR count). The average molecular weight is 291 g/mol. The molecular weight excluding hydrogens is 274 g/mol. The van der Waals surface area contributed by atoms with Gasteiger partial charge < -0.3 is 9.64 Å². The number of anilines is 1. The zero-order valence-electron chi connectivity index (χ0n) is 12.2. The van der Waals surface area contributed by atoms with E-state index in [2.05, 4.69) is 10.3 Å². The van der Waals surface area contributed by atoms with Crippen molar-refractivity contribution in [3.8, 4) is 0 Å². The Morgan fingerprint density at radius 2 is 2.14 bits per heavy atom. The number of piperazine rings is 1. The van der Waals surface area contributed by atoms with E-state index in [0.717, 1.165) is 0 Å². The molecule has 0 spiro atoms. The molecular formula is C14H17N3O4. The lowest BCUT2D eigenvalue weighted by Crippen LogP contribution is -2.64. The standard InChI is InChI=1S/C14H17N3O4/c1-4-21-12(19)9-5-6-10(15-7-9)17-8-11(18)16-13(20)14(17,2)3/h5-7H,4,8H2,1-3H3,(H,16,18,20). The van der Waals surface area contributed by atoms with Crippen molar-refractivity contribution >= 4 is 23.6 Å². The van der Waals surface area contributed by atoms with Crippen molar-refractivity contribution in [2.45, 2.75) is 26.3 Å². The number of nitrogens with zero attached hydrogens (tertiary/aromatic N) is 2. The van der Waals surface area contributed by atoms with E-state index in [9.17, 15) is 14.4 Å². The molecule has 7 heteroatoms. The molecule has 0 unspecified atom stereocenters. The minimum absolute atomic E-state index is 0.0322. The third kappa shape index (κ3) is 2.86. The Morgan fingerprint density at radius 1 is 1.43 bits per heavy atom. The third-order valence-electron chi connectivity index (χ3n) is 3.32. The summed E-state index contributed by atoms with van der Waals surface area (Å²) in [5.74, 6) is -0.759. The first-order chi connectivity index (χ1) is 9.86. The van der Waals surface area contributed by atoms with Crippen LogP contribution in [0.4, 0.5) is 5.82 Å². The fourth-order valence-corrected chi connectivity index (χ4v) is 2.03.